The number of hydrogen-bond donors (Lipinski definition) is 1. The molecule has 0 spiro atoms. The zero-order valence-electron chi connectivity index (χ0n) is 18.6. The highest BCUT2D eigenvalue weighted by Gasteiger charge is 2.36. The number of imidazole rings is 1. The molecule has 4 aromatic rings. The van der Waals surface area contributed by atoms with E-state index in [9.17, 15) is 9.59 Å². The smallest absolute Gasteiger partial charge is 0.342 e. The Morgan fingerprint density at radius 3 is 2.73 bits per heavy atom. The SMILES string of the molecule is Cc1cc2nccn2cc1-c1ccc(-c2n[nH]c(=O)n2CC2CCN(C(=O)C3CC3)C2)cc1. The molecule has 1 aromatic carbocycles. The van der Waals surface area contributed by atoms with Gasteiger partial charge in [0.2, 0.25) is 5.91 Å². The van der Waals surface area contributed by atoms with Crippen molar-refractivity contribution in [3.05, 3.63) is 65.0 Å². The minimum absolute atomic E-state index is 0.206. The molecule has 6 rings (SSSR count). The van der Waals surface area contributed by atoms with Gasteiger partial charge in [0.1, 0.15) is 5.65 Å². The van der Waals surface area contributed by atoms with E-state index in [1.54, 1.807) is 10.8 Å². The van der Waals surface area contributed by atoms with Gasteiger partial charge in [0, 0.05) is 55.3 Å². The summed E-state index contributed by atoms with van der Waals surface area (Å²) >= 11 is 0. The maximum absolute atomic E-state index is 12.5. The third kappa shape index (κ3) is 3.65. The number of likely N-dealkylation sites (tertiary alicyclic amines) is 1. The predicted octanol–water partition coefficient (Wildman–Crippen LogP) is 3.12. The molecule has 168 valence electrons. The van der Waals surface area contributed by atoms with Crippen molar-refractivity contribution in [3.63, 3.8) is 0 Å². The molecule has 8 heteroatoms. The van der Waals surface area contributed by atoms with Crippen molar-refractivity contribution in [2.24, 2.45) is 11.8 Å². The van der Waals surface area contributed by atoms with Crippen molar-refractivity contribution in [1.29, 1.82) is 0 Å². The topological polar surface area (TPSA) is 88.3 Å². The summed E-state index contributed by atoms with van der Waals surface area (Å²) in [6.45, 7) is 4.16. The van der Waals surface area contributed by atoms with Crippen molar-refractivity contribution in [1.82, 2.24) is 29.0 Å². The number of fused-ring (bicyclic) bond motifs is 1. The molecule has 2 aliphatic rings. The molecule has 0 bridgehead atoms. The van der Waals surface area contributed by atoms with Crippen LogP contribution in [0.25, 0.3) is 28.2 Å². The van der Waals surface area contributed by atoms with Crippen LogP contribution in [-0.4, -0.2) is 48.0 Å². The van der Waals surface area contributed by atoms with Gasteiger partial charge < -0.3 is 9.30 Å². The number of aromatic amines is 1. The molecule has 1 saturated carbocycles. The first-order valence-electron chi connectivity index (χ1n) is 11.5. The van der Waals surface area contributed by atoms with Crippen molar-refractivity contribution in [3.8, 4) is 22.5 Å². The minimum atomic E-state index is -0.206. The zero-order valence-corrected chi connectivity index (χ0v) is 18.6. The summed E-state index contributed by atoms with van der Waals surface area (Å²) in [5.41, 5.74) is 5.01. The molecular weight excluding hydrogens is 416 g/mol. The Morgan fingerprint density at radius 1 is 1.15 bits per heavy atom. The molecule has 3 aromatic heterocycles. The summed E-state index contributed by atoms with van der Waals surface area (Å²) < 4.78 is 3.73. The van der Waals surface area contributed by atoms with Gasteiger partial charge in [-0.25, -0.2) is 14.9 Å². The van der Waals surface area contributed by atoms with Gasteiger partial charge in [0.05, 0.1) is 0 Å². The van der Waals surface area contributed by atoms with Crippen molar-refractivity contribution in [2.45, 2.75) is 32.7 Å². The van der Waals surface area contributed by atoms with E-state index in [1.807, 2.05) is 27.6 Å². The lowest BCUT2D eigenvalue weighted by Crippen LogP contribution is -2.31. The lowest BCUT2D eigenvalue weighted by molar-refractivity contribution is -0.131. The van der Waals surface area contributed by atoms with Crippen LogP contribution in [0.2, 0.25) is 0 Å². The number of carbonyl (C=O) groups is 1. The van der Waals surface area contributed by atoms with Gasteiger partial charge in [-0.1, -0.05) is 24.3 Å². The number of amides is 1. The first-order valence-corrected chi connectivity index (χ1v) is 11.5. The van der Waals surface area contributed by atoms with Crippen molar-refractivity contribution in [2.75, 3.05) is 13.1 Å². The van der Waals surface area contributed by atoms with Crippen LogP contribution in [0, 0.1) is 18.8 Å². The lowest BCUT2D eigenvalue weighted by atomic mass is 10.0. The Bertz CT molecular complexity index is 1390. The fourth-order valence-corrected chi connectivity index (χ4v) is 4.89. The normalized spacial score (nSPS) is 18.3. The maximum Gasteiger partial charge on any atom is 0.343 e. The summed E-state index contributed by atoms with van der Waals surface area (Å²) in [6, 6.07) is 10.2. The highest BCUT2D eigenvalue weighted by Crippen LogP contribution is 2.33. The summed E-state index contributed by atoms with van der Waals surface area (Å²) in [5, 5.41) is 6.92. The summed E-state index contributed by atoms with van der Waals surface area (Å²) in [7, 11) is 0. The Balaban J connectivity index is 1.23. The van der Waals surface area contributed by atoms with E-state index in [1.165, 1.54) is 0 Å². The van der Waals surface area contributed by atoms with E-state index >= 15 is 0 Å². The standard InChI is InChI=1S/C25H26N6O2/c1-16-12-22-26-9-11-29(22)15-21(16)18-2-4-19(5-3-18)23-27-28-25(33)31(23)14-17-8-10-30(13-17)24(32)20-6-7-20/h2-5,9,11-12,15,17,20H,6-8,10,13-14H2,1H3,(H,28,33). The number of hydrogen-bond acceptors (Lipinski definition) is 4. The monoisotopic (exact) mass is 442 g/mol. The molecule has 1 atom stereocenters. The van der Waals surface area contributed by atoms with Gasteiger partial charge in [-0.2, -0.15) is 5.10 Å². The fraction of sp³-hybridized carbons (Fsp3) is 0.360. The molecule has 8 nitrogen and oxygen atoms in total. The van der Waals surface area contributed by atoms with E-state index in [0.29, 0.717) is 12.4 Å². The van der Waals surface area contributed by atoms with Gasteiger partial charge in [0.15, 0.2) is 5.82 Å². The number of rotatable bonds is 5. The second kappa shape index (κ2) is 7.72. The van der Waals surface area contributed by atoms with E-state index in [-0.39, 0.29) is 23.4 Å². The Morgan fingerprint density at radius 2 is 1.94 bits per heavy atom. The van der Waals surface area contributed by atoms with Crippen LogP contribution in [-0.2, 0) is 11.3 Å². The van der Waals surface area contributed by atoms with E-state index in [4.69, 9.17) is 0 Å². The number of aromatic nitrogens is 5. The first kappa shape index (κ1) is 20.0. The van der Waals surface area contributed by atoms with Crippen LogP contribution in [0.1, 0.15) is 24.8 Å². The van der Waals surface area contributed by atoms with Crippen LogP contribution in [0.3, 0.4) is 0 Å². The van der Waals surface area contributed by atoms with Crippen LogP contribution in [0.4, 0.5) is 0 Å². The number of benzene rings is 1. The van der Waals surface area contributed by atoms with E-state index < -0.39 is 0 Å². The van der Waals surface area contributed by atoms with E-state index in [2.05, 4.69) is 46.5 Å². The van der Waals surface area contributed by atoms with Crippen LogP contribution in [0.15, 0.2) is 53.7 Å². The summed E-state index contributed by atoms with van der Waals surface area (Å²) in [6.07, 6.45) is 8.80. The number of nitrogens with one attached hydrogen (secondary N) is 1. The number of nitrogens with zero attached hydrogens (tertiary/aromatic N) is 5. The third-order valence-electron chi connectivity index (χ3n) is 6.91. The highest BCUT2D eigenvalue weighted by molar-refractivity contribution is 5.81. The average molecular weight is 443 g/mol. The molecular formula is C25H26N6O2. The number of carbonyl (C=O) groups excluding carboxylic acids is 1. The number of H-pyrrole nitrogens is 1. The molecule has 1 aliphatic carbocycles. The van der Waals surface area contributed by atoms with Crippen LogP contribution < -0.4 is 5.69 Å². The molecule has 1 aliphatic heterocycles. The lowest BCUT2D eigenvalue weighted by Gasteiger charge is -2.16. The Kier molecular flexibility index (Phi) is 4.67. The average Bonchev–Trinajstić information content (AvgIpc) is 3.21. The second-order valence-corrected chi connectivity index (χ2v) is 9.32. The molecule has 33 heavy (non-hydrogen) atoms. The highest BCUT2D eigenvalue weighted by atomic mass is 16.2. The van der Waals surface area contributed by atoms with Gasteiger partial charge >= 0.3 is 5.69 Å². The second-order valence-electron chi connectivity index (χ2n) is 9.32. The predicted molar refractivity (Wildman–Crippen MR) is 125 cm³/mol. The Hall–Kier alpha value is -3.68. The van der Waals surface area contributed by atoms with Crippen molar-refractivity contribution >= 4 is 11.6 Å². The molecule has 2 fully saturated rings. The molecule has 4 heterocycles. The van der Waals surface area contributed by atoms with E-state index in [0.717, 1.165) is 60.3 Å². The molecule has 1 amide bonds. The van der Waals surface area contributed by atoms with Crippen LogP contribution in [0.5, 0.6) is 0 Å². The number of pyridine rings is 1. The first-order chi connectivity index (χ1) is 16.1. The molecule has 1 unspecified atom stereocenters. The third-order valence-corrected chi connectivity index (χ3v) is 6.91. The Labute approximate surface area is 190 Å². The maximum atomic E-state index is 12.5. The van der Waals surface area contributed by atoms with Crippen LogP contribution >= 0.6 is 0 Å². The largest absolute Gasteiger partial charge is 0.343 e. The fourth-order valence-electron chi connectivity index (χ4n) is 4.89. The summed E-state index contributed by atoms with van der Waals surface area (Å²) in [4.78, 5) is 31.2. The number of aryl methyl sites for hydroxylation is 1. The zero-order chi connectivity index (χ0) is 22.5. The quantitative estimate of drug-likeness (QED) is 0.514. The van der Waals surface area contributed by atoms with Gasteiger partial charge in [-0.3, -0.25) is 9.36 Å². The molecule has 1 saturated heterocycles. The van der Waals surface area contributed by atoms with Gasteiger partial charge in [-0.05, 0) is 49.3 Å². The van der Waals surface area contributed by atoms with Gasteiger partial charge in [0.25, 0.3) is 0 Å². The van der Waals surface area contributed by atoms with Crippen molar-refractivity contribution < 1.29 is 4.79 Å². The van der Waals surface area contributed by atoms with Gasteiger partial charge in [-0.15, -0.1) is 0 Å². The molecule has 1 N–H and O–H groups in total. The molecule has 0 radical (unpaired) electrons. The summed E-state index contributed by atoms with van der Waals surface area (Å²) in [5.74, 6) is 1.44. The minimum Gasteiger partial charge on any atom is -0.342 e.